The summed E-state index contributed by atoms with van der Waals surface area (Å²) in [5.74, 6) is -0.267. The lowest BCUT2D eigenvalue weighted by Crippen LogP contribution is -2.48. The number of hydrogen-bond donors (Lipinski definition) is 3. The third-order valence-corrected chi connectivity index (χ3v) is 4.73. The van der Waals surface area contributed by atoms with E-state index in [0.717, 1.165) is 0 Å². The summed E-state index contributed by atoms with van der Waals surface area (Å²) in [4.78, 5) is 4.07. The normalized spacial score (nSPS) is 22.2. The first-order valence-electron chi connectivity index (χ1n) is 8.13. The molecule has 6 nitrogen and oxygen atoms in total. The standard InChI is InChI=1S/C18H16ClFN4O2/c1-18(26)6-10(7-18)22-17-11-3-2-4-12(20)14(11)16(23-24-17)15-13(25)5-9(19)8-21-15/h2-5,8,10,25-26H,6-7H2,1H3,(H,22,24). The van der Waals surface area contributed by atoms with Crippen LogP contribution in [-0.2, 0) is 0 Å². The first-order valence-corrected chi connectivity index (χ1v) is 8.50. The number of halogens is 2. The fourth-order valence-corrected chi connectivity index (χ4v) is 3.50. The molecule has 1 fully saturated rings. The van der Waals surface area contributed by atoms with E-state index in [1.165, 1.54) is 18.3 Å². The fraction of sp³-hybridized carbons (Fsp3) is 0.278. The Morgan fingerprint density at radius 3 is 2.73 bits per heavy atom. The van der Waals surface area contributed by atoms with E-state index in [2.05, 4.69) is 20.5 Å². The van der Waals surface area contributed by atoms with Crippen molar-refractivity contribution in [3.05, 3.63) is 41.3 Å². The molecule has 1 aliphatic carbocycles. The summed E-state index contributed by atoms with van der Waals surface area (Å²) in [6, 6.07) is 5.99. The molecular formula is C18H16ClFN4O2. The van der Waals surface area contributed by atoms with Crippen molar-refractivity contribution in [3.8, 4) is 17.1 Å². The molecule has 2 aromatic heterocycles. The molecule has 4 rings (SSSR count). The number of nitrogens with zero attached hydrogens (tertiary/aromatic N) is 3. The quantitative estimate of drug-likeness (QED) is 0.649. The molecule has 0 aliphatic heterocycles. The predicted octanol–water partition coefficient (Wildman–Crippen LogP) is 3.52. The van der Waals surface area contributed by atoms with E-state index in [1.807, 2.05) is 0 Å². The molecule has 3 N–H and O–H groups in total. The second kappa shape index (κ2) is 6.03. The van der Waals surface area contributed by atoms with Crippen LogP contribution in [0.2, 0.25) is 5.02 Å². The largest absolute Gasteiger partial charge is 0.506 e. The molecule has 1 aliphatic rings. The number of hydrogen-bond acceptors (Lipinski definition) is 6. The molecular weight excluding hydrogens is 359 g/mol. The van der Waals surface area contributed by atoms with E-state index >= 15 is 0 Å². The zero-order valence-electron chi connectivity index (χ0n) is 13.9. The summed E-state index contributed by atoms with van der Waals surface area (Å²) in [6.07, 6.45) is 2.51. The average Bonchev–Trinajstić information content (AvgIpc) is 2.54. The summed E-state index contributed by atoms with van der Waals surface area (Å²) in [7, 11) is 0. The van der Waals surface area contributed by atoms with Gasteiger partial charge in [0, 0.05) is 23.7 Å². The first-order chi connectivity index (χ1) is 12.3. The highest BCUT2D eigenvalue weighted by molar-refractivity contribution is 6.30. The van der Waals surface area contributed by atoms with Crippen molar-refractivity contribution in [3.63, 3.8) is 0 Å². The van der Waals surface area contributed by atoms with Crippen molar-refractivity contribution in [2.75, 3.05) is 5.32 Å². The Hall–Kier alpha value is -2.51. The van der Waals surface area contributed by atoms with E-state index in [9.17, 15) is 14.6 Å². The second-order valence-corrected chi connectivity index (χ2v) is 7.26. The van der Waals surface area contributed by atoms with Crippen LogP contribution in [0.25, 0.3) is 22.2 Å². The minimum Gasteiger partial charge on any atom is -0.506 e. The number of rotatable bonds is 3. The van der Waals surface area contributed by atoms with Gasteiger partial charge < -0.3 is 15.5 Å². The van der Waals surface area contributed by atoms with Crippen LogP contribution in [0.4, 0.5) is 10.2 Å². The van der Waals surface area contributed by atoms with E-state index in [1.54, 1.807) is 19.1 Å². The van der Waals surface area contributed by atoms with E-state index in [0.29, 0.717) is 24.0 Å². The van der Waals surface area contributed by atoms with Gasteiger partial charge in [0.1, 0.15) is 23.0 Å². The van der Waals surface area contributed by atoms with Crippen molar-refractivity contribution < 1.29 is 14.6 Å². The van der Waals surface area contributed by atoms with Gasteiger partial charge in [0.25, 0.3) is 0 Å². The van der Waals surface area contributed by atoms with Gasteiger partial charge in [0.2, 0.25) is 0 Å². The molecule has 1 aromatic carbocycles. The van der Waals surface area contributed by atoms with Crippen molar-refractivity contribution >= 4 is 28.2 Å². The van der Waals surface area contributed by atoms with Crippen LogP contribution in [0.1, 0.15) is 19.8 Å². The fourth-order valence-electron chi connectivity index (χ4n) is 3.35. The highest BCUT2D eigenvalue weighted by atomic mass is 35.5. The van der Waals surface area contributed by atoms with Gasteiger partial charge in [0.05, 0.1) is 16.0 Å². The van der Waals surface area contributed by atoms with Gasteiger partial charge in [-0.2, -0.15) is 0 Å². The number of fused-ring (bicyclic) bond motifs is 1. The number of pyridine rings is 1. The van der Waals surface area contributed by atoms with Crippen LogP contribution >= 0.6 is 11.6 Å². The van der Waals surface area contributed by atoms with Gasteiger partial charge in [-0.05, 0) is 25.8 Å². The Bertz CT molecular complexity index is 1000. The Labute approximate surface area is 153 Å². The minimum absolute atomic E-state index is 0.0404. The molecule has 0 unspecified atom stereocenters. The van der Waals surface area contributed by atoms with Crippen molar-refractivity contribution in [1.82, 2.24) is 15.2 Å². The van der Waals surface area contributed by atoms with Crippen molar-refractivity contribution in [2.24, 2.45) is 0 Å². The monoisotopic (exact) mass is 374 g/mol. The molecule has 3 aromatic rings. The van der Waals surface area contributed by atoms with Crippen LogP contribution in [0, 0.1) is 5.82 Å². The van der Waals surface area contributed by atoms with Gasteiger partial charge in [0.15, 0.2) is 5.82 Å². The predicted molar refractivity (Wildman–Crippen MR) is 96.7 cm³/mol. The molecule has 8 heteroatoms. The van der Waals surface area contributed by atoms with Crippen LogP contribution in [0.15, 0.2) is 30.5 Å². The lowest BCUT2D eigenvalue weighted by molar-refractivity contribution is -0.0235. The summed E-state index contributed by atoms with van der Waals surface area (Å²) < 4.78 is 14.6. The highest BCUT2D eigenvalue weighted by Gasteiger charge is 2.38. The van der Waals surface area contributed by atoms with Gasteiger partial charge in [-0.15, -0.1) is 10.2 Å². The maximum atomic E-state index is 14.6. The number of nitrogens with one attached hydrogen (secondary N) is 1. The van der Waals surface area contributed by atoms with Crippen molar-refractivity contribution in [1.29, 1.82) is 0 Å². The summed E-state index contributed by atoms with van der Waals surface area (Å²) in [5, 5.41) is 32.5. The third kappa shape index (κ3) is 2.93. The van der Waals surface area contributed by atoms with Crippen LogP contribution < -0.4 is 5.32 Å². The van der Waals surface area contributed by atoms with Crippen LogP contribution in [0.3, 0.4) is 0 Å². The van der Waals surface area contributed by atoms with E-state index in [4.69, 9.17) is 11.6 Å². The van der Waals surface area contributed by atoms with E-state index in [-0.39, 0.29) is 33.6 Å². The zero-order valence-corrected chi connectivity index (χ0v) is 14.6. The Balaban J connectivity index is 1.82. The maximum absolute atomic E-state index is 14.6. The first kappa shape index (κ1) is 16.9. The van der Waals surface area contributed by atoms with Crippen LogP contribution in [0.5, 0.6) is 5.75 Å². The third-order valence-electron chi connectivity index (χ3n) is 4.53. The summed E-state index contributed by atoms with van der Waals surface area (Å²) in [6.45, 7) is 1.77. The van der Waals surface area contributed by atoms with Gasteiger partial charge in [-0.3, -0.25) is 0 Å². The molecule has 26 heavy (non-hydrogen) atoms. The Morgan fingerprint density at radius 1 is 1.27 bits per heavy atom. The van der Waals surface area contributed by atoms with Gasteiger partial charge >= 0.3 is 0 Å². The number of anilines is 1. The molecule has 0 amide bonds. The molecule has 0 bridgehead atoms. The number of benzene rings is 1. The van der Waals surface area contributed by atoms with Gasteiger partial charge in [-0.1, -0.05) is 23.7 Å². The molecule has 2 heterocycles. The van der Waals surface area contributed by atoms with Crippen LogP contribution in [-0.4, -0.2) is 37.0 Å². The smallest absolute Gasteiger partial charge is 0.156 e. The average molecular weight is 375 g/mol. The second-order valence-electron chi connectivity index (χ2n) is 6.83. The SMILES string of the molecule is CC1(O)CC(Nc2nnc(-c3ncc(Cl)cc3O)c3c(F)cccc23)C1. The molecule has 1 saturated carbocycles. The maximum Gasteiger partial charge on any atom is 0.156 e. The molecule has 0 spiro atoms. The lowest BCUT2D eigenvalue weighted by Gasteiger charge is -2.41. The molecule has 0 radical (unpaired) electrons. The minimum atomic E-state index is -0.689. The molecule has 0 atom stereocenters. The summed E-state index contributed by atoms with van der Waals surface area (Å²) >= 11 is 5.82. The number of aromatic hydroxyl groups is 1. The van der Waals surface area contributed by atoms with Gasteiger partial charge in [-0.25, -0.2) is 9.37 Å². The van der Waals surface area contributed by atoms with Crippen molar-refractivity contribution in [2.45, 2.75) is 31.4 Å². The Kier molecular flexibility index (Phi) is 3.93. The lowest BCUT2D eigenvalue weighted by atomic mass is 9.77. The molecule has 134 valence electrons. The van der Waals surface area contributed by atoms with E-state index < -0.39 is 11.4 Å². The number of aliphatic hydroxyl groups is 1. The summed E-state index contributed by atoms with van der Waals surface area (Å²) in [5.41, 5.74) is -0.445. The molecule has 0 saturated heterocycles. The Morgan fingerprint density at radius 2 is 2.04 bits per heavy atom. The highest BCUT2D eigenvalue weighted by Crippen LogP contribution is 2.38. The zero-order chi connectivity index (χ0) is 18.5. The number of aromatic nitrogens is 3. The topological polar surface area (TPSA) is 91.2 Å².